The third-order valence-electron chi connectivity index (χ3n) is 3.69. The second kappa shape index (κ2) is 7.54. The summed E-state index contributed by atoms with van der Waals surface area (Å²) in [6, 6.07) is 0. The highest BCUT2D eigenvalue weighted by Gasteiger charge is 2.16. The predicted molar refractivity (Wildman–Crippen MR) is 74.2 cm³/mol. The number of piperidine rings is 1. The number of likely N-dealkylation sites (tertiary alicyclic amines) is 1. The summed E-state index contributed by atoms with van der Waals surface area (Å²) >= 11 is 0. The highest BCUT2D eigenvalue weighted by molar-refractivity contribution is 5.78. The van der Waals surface area contributed by atoms with E-state index in [1.807, 2.05) is 0 Å². The molecule has 0 atom stereocenters. The van der Waals surface area contributed by atoms with Gasteiger partial charge in [0.25, 0.3) is 0 Å². The van der Waals surface area contributed by atoms with E-state index in [4.69, 9.17) is 5.73 Å². The largest absolute Gasteiger partial charge is 0.370 e. The lowest BCUT2D eigenvalue weighted by Gasteiger charge is -2.31. The van der Waals surface area contributed by atoms with Gasteiger partial charge in [0.15, 0.2) is 5.96 Å². The molecule has 4 nitrogen and oxygen atoms in total. The van der Waals surface area contributed by atoms with Crippen molar-refractivity contribution in [3.63, 3.8) is 0 Å². The Balaban J connectivity index is 2.28. The minimum Gasteiger partial charge on any atom is -0.370 e. The quantitative estimate of drug-likeness (QED) is 0.583. The predicted octanol–water partition coefficient (Wildman–Crippen LogP) is 1.37. The Morgan fingerprint density at radius 2 is 1.88 bits per heavy atom. The van der Waals surface area contributed by atoms with Crippen molar-refractivity contribution >= 4 is 5.96 Å². The van der Waals surface area contributed by atoms with Gasteiger partial charge in [-0.2, -0.15) is 0 Å². The molecular formula is C13H28N4. The molecule has 0 spiro atoms. The SMILES string of the molecule is CCN(CC)CCN=C(N)N1CCC(C)CC1. The smallest absolute Gasteiger partial charge is 0.191 e. The first-order chi connectivity index (χ1) is 8.17. The average molecular weight is 240 g/mol. The summed E-state index contributed by atoms with van der Waals surface area (Å²) in [7, 11) is 0. The first-order valence-corrected chi connectivity index (χ1v) is 6.94. The molecule has 0 bridgehead atoms. The van der Waals surface area contributed by atoms with E-state index in [-0.39, 0.29) is 0 Å². The molecule has 17 heavy (non-hydrogen) atoms. The van der Waals surface area contributed by atoms with Crippen LogP contribution < -0.4 is 5.73 Å². The number of rotatable bonds is 5. The Morgan fingerprint density at radius 1 is 1.29 bits per heavy atom. The Morgan fingerprint density at radius 3 is 2.41 bits per heavy atom. The standard InChI is InChI=1S/C13H28N4/c1-4-16(5-2)11-8-15-13(14)17-9-6-12(3)7-10-17/h12H,4-11H2,1-3H3,(H2,14,15). The second-order valence-electron chi connectivity index (χ2n) is 4.94. The van der Waals surface area contributed by atoms with Crippen molar-refractivity contribution in [3.05, 3.63) is 0 Å². The van der Waals surface area contributed by atoms with Crippen LogP contribution in [-0.2, 0) is 0 Å². The first kappa shape index (κ1) is 14.3. The van der Waals surface area contributed by atoms with Crippen LogP contribution in [0.1, 0.15) is 33.6 Å². The summed E-state index contributed by atoms with van der Waals surface area (Å²) in [4.78, 5) is 9.08. The molecule has 1 saturated heterocycles. The molecule has 0 saturated carbocycles. The minimum absolute atomic E-state index is 0.740. The normalized spacial score (nSPS) is 19.1. The van der Waals surface area contributed by atoms with Crippen LogP contribution in [0.4, 0.5) is 0 Å². The number of hydrogen-bond acceptors (Lipinski definition) is 2. The maximum atomic E-state index is 6.02. The molecule has 0 unspecified atom stereocenters. The molecule has 4 heteroatoms. The van der Waals surface area contributed by atoms with E-state index in [9.17, 15) is 0 Å². The molecule has 0 aliphatic carbocycles. The van der Waals surface area contributed by atoms with Crippen LogP contribution in [0.25, 0.3) is 0 Å². The van der Waals surface area contributed by atoms with Crippen LogP contribution in [0, 0.1) is 5.92 Å². The number of aliphatic imine (C=N–C) groups is 1. The third kappa shape index (κ3) is 4.94. The van der Waals surface area contributed by atoms with Crippen molar-refractivity contribution in [2.75, 3.05) is 39.3 Å². The molecule has 1 rings (SSSR count). The summed E-state index contributed by atoms with van der Waals surface area (Å²) in [6.45, 7) is 12.8. The number of nitrogens with two attached hydrogens (primary N) is 1. The Bertz CT molecular complexity index is 228. The van der Waals surface area contributed by atoms with Gasteiger partial charge in [-0.05, 0) is 31.8 Å². The van der Waals surface area contributed by atoms with Gasteiger partial charge in [0.2, 0.25) is 0 Å². The first-order valence-electron chi connectivity index (χ1n) is 6.94. The number of hydrogen-bond donors (Lipinski definition) is 1. The van der Waals surface area contributed by atoms with Crippen LogP contribution in [0.2, 0.25) is 0 Å². The van der Waals surface area contributed by atoms with E-state index in [0.29, 0.717) is 0 Å². The van der Waals surface area contributed by atoms with Gasteiger partial charge in [-0.1, -0.05) is 20.8 Å². The van der Waals surface area contributed by atoms with Gasteiger partial charge in [0, 0.05) is 19.6 Å². The van der Waals surface area contributed by atoms with Crippen LogP contribution in [0.5, 0.6) is 0 Å². The lowest BCUT2D eigenvalue weighted by Crippen LogP contribution is -2.42. The Labute approximate surface area is 106 Å². The minimum atomic E-state index is 0.740. The molecule has 0 amide bonds. The summed E-state index contributed by atoms with van der Waals surface area (Å²) in [5.41, 5.74) is 6.02. The fourth-order valence-electron chi connectivity index (χ4n) is 2.18. The van der Waals surface area contributed by atoms with Crippen molar-refractivity contribution in [2.45, 2.75) is 33.6 Å². The summed E-state index contributed by atoms with van der Waals surface area (Å²) in [5, 5.41) is 0. The third-order valence-corrected chi connectivity index (χ3v) is 3.69. The van der Waals surface area contributed by atoms with E-state index < -0.39 is 0 Å². The molecule has 0 aromatic carbocycles. The number of guanidine groups is 1. The van der Waals surface area contributed by atoms with Crippen LogP contribution in [-0.4, -0.2) is 55.0 Å². The van der Waals surface area contributed by atoms with Gasteiger partial charge in [-0.3, -0.25) is 4.99 Å². The Hall–Kier alpha value is -0.770. The average Bonchev–Trinajstić information content (AvgIpc) is 2.35. The highest BCUT2D eigenvalue weighted by atomic mass is 15.3. The molecular weight excluding hydrogens is 212 g/mol. The molecule has 1 heterocycles. The zero-order valence-corrected chi connectivity index (χ0v) is 11.7. The number of nitrogens with zero attached hydrogens (tertiary/aromatic N) is 3. The van der Waals surface area contributed by atoms with Gasteiger partial charge in [-0.15, -0.1) is 0 Å². The van der Waals surface area contributed by atoms with Gasteiger partial charge >= 0.3 is 0 Å². The Kier molecular flexibility index (Phi) is 6.34. The van der Waals surface area contributed by atoms with Crippen molar-refractivity contribution in [3.8, 4) is 0 Å². The lowest BCUT2D eigenvalue weighted by molar-refractivity contribution is 0.276. The van der Waals surface area contributed by atoms with Crippen molar-refractivity contribution in [2.24, 2.45) is 16.6 Å². The van der Waals surface area contributed by atoms with Crippen LogP contribution in [0.3, 0.4) is 0 Å². The molecule has 1 aliphatic rings. The van der Waals surface area contributed by atoms with E-state index in [1.54, 1.807) is 0 Å². The van der Waals surface area contributed by atoms with Crippen LogP contribution >= 0.6 is 0 Å². The zero-order valence-electron chi connectivity index (χ0n) is 11.7. The molecule has 2 N–H and O–H groups in total. The van der Waals surface area contributed by atoms with E-state index in [0.717, 1.165) is 51.1 Å². The van der Waals surface area contributed by atoms with Crippen molar-refractivity contribution in [1.29, 1.82) is 0 Å². The van der Waals surface area contributed by atoms with E-state index in [2.05, 4.69) is 35.6 Å². The highest BCUT2D eigenvalue weighted by Crippen LogP contribution is 2.15. The van der Waals surface area contributed by atoms with Crippen molar-refractivity contribution in [1.82, 2.24) is 9.80 Å². The molecule has 100 valence electrons. The van der Waals surface area contributed by atoms with Gasteiger partial charge in [0.05, 0.1) is 6.54 Å². The molecule has 1 fully saturated rings. The summed E-state index contributed by atoms with van der Waals surface area (Å²) < 4.78 is 0. The number of likely N-dealkylation sites (N-methyl/N-ethyl adjacent to an activating group) is 1. The molecule has 1 aliphatic heterocycles. The van der Waals surface area contributed by atoms with Gasteiger partial charge in [0.1, 0.15) is 0 Å². The second-order valence-corrected chi connectivity index (χ2v) is 4.94. The van der Waals surface area contributed by atoms with Crippen molar-refractivity contribution < 1.29 is 0 Å². The van der Waals surface area contributed by atoms with E-state index >= 15 is 0 Å². The monoisotopic (exact) mass is 240 g/mol. The zero-order chi connectivity index (χ0) is 12.7. The van der Waals surface area contributed by atoms with E-state index in [1.165, 1.54) is 12.8 Å². The fraction of sp³-hybridized carbons (Fsp3) is 0.923. The van der Waals surface area contributed by atoms with Gasteiger partial charge < -0.3 is 15.5 Å². The summed E-state index contributed by atoms with van der Waals surface area (Å²) in [6.07, 6.45) is 2.48. The molecule has 0 aromatic rings. The maximum absolute atomic E-state index is 6.02. The summed E-state index contributed by atoms with van der Waals surface area (Å²) in [5.74, 6) is 1.58. The lowest BCUT2D eigenvalue weighted by atomic mass is 10.00. The molecule has 0 radical (unpaired) electrons. The maximum Gasteiger partial charge on any atom is 0.191 e. The molecule has 0 aromatic heterocycles. The van der Waals surface area contributed by atoms with Crippen LogP contribution in [0.15, 0.2) is 4.99 Å². The topological polar surface area (TPSA) is 44.9 Å². The van der Waals surface area contributed by atoms with Gasteiger partial charge in [-0.25, -0.2) is 0 Å². The fourth-order valence-corrected chi connectivity index (χ4v) is 2.18.